The molecule has 0 aliphatic carbocycles. The average Bonchev–Trinajstić information content (AvgIpc) is 2.99. The highest BCUT2D eigenvalue weighted by molar-refractivity contribution is 7.47. The number of nitrogens with one attached hydrogen (secondary N) is 1. The second-order valence-electron chi connectivity index (χ2n) is 11.9. The lowest BCUT2D eigenvalue weighted by Crippen LogP contribution is -2.46. The Morgan fingerprint density at radius 2 is 1.30 bits per heavy atom. The first-order chi connectivity index (χ1) is 21.3. The quantitative estimate of drug-likeness (QED) is 0.0284. The van der Waals surface area contributed by atoms with Crippen LogP contribution in [0.2, 0.25) is 0 Å². The first kappa shape index (κ1) is 42.9. The highest BCUT2D eigenvalue weighted by atomic mass is 31.2. The first-order valence-corrected chi connectivity index (χ1v) is 19.0. The number of hydrogen-bond acceptors (Lipinski definition) is 7. The number of nitrogens with two attached hydrogens (primary N) is 1. The van der Waals surface area contributed by atoms with E-state index in [1.54, 1.807) is 6.08 Å². The number of allylic oxidation sites excluding steroid dienone is 3. The molecule has 0 spiro atoms. The third-order valence-electron chi connectivity index (χ3n) is 7.58. The Balaban J connectivity index is 4.51. The Labute approximate surface area is 269 Å². The van der Waals surface area contributed by atoms with E-state index < -0.39 is 38.6 Å². The number of rotatable bonds is 32. The molecule has 4 atom stereocenters. The maximum absolute atomic E-state index is 12.7. The Morgan fingerprint density at radius 3 is 1.89 bits per heavy atom. The molecule has 44 heavy (non-hydrogen) atoms. The van der Waals surface area contributed by atoms with Crippen LogP contribution in [0.5, 0.6) is 0 Å². The molecule has 1 amide bonds. The van der Waals surface area contributed by atoms with Crippen molar-refractivity contribution in [2.75, 3.05) is 19.8 Å². The normalized spacial score (nSPS) is 15.5. The van der Waals surface area contributed by atoms with Gasteiger partial charge in [0.2, 0.25) is 5.91 Å². The van der Waals surface area contributed by atoms with Gasteiger partial charge in [0.25, 0.3) is 0 Å². The molecule has 0 radical (unpaired) electrons. The molecule has 0 aromatic carbocycles. The van der Waals surface area contributed by atoms with Crippen molar-refractivity contribution in [3.63, 3.8) is 0 Å². The second kappa shape index (κ2) is 30.6. The van der Waals surface area contributed by atoms with Gasteiger partial charge in [0.15, 0.2) is 0 Å². The number of phosphoric ester groups is 1. The minimum atomic E-state index is -4.39. The standard InChI is InChI=1S/C34H67N2O7P/c1-3-5-7-9-11-13-15-16-17-19-21-23-25-31(37)29-34(39)36-32(30-43-44(40,41)42-28-27-35)33(38)26-24-22-20-18-14-12-10-8-6-4-2/h14,18,24,26,31-33,37-38H,3-13,15-17,19-23,25,27-30,35H2,1-2H3,(H,36,39)(H,40,41)/b18-14+,26-24+. The molecule has 0 aliphatic heterocycles. The molecule has 0 saturated heterocycles. The number of carbonyl (C=O) groups is 1. The summed E-state index contributed by atoms with van der Waals surface area (Å²) in [6.07, 6.45) is 28.4. The lowest BCUT2D eigenvalue weighted by Gasteiger charge is -2.24. The summed E-state index contributed by atoms with van der Waals surface area (Å²) in [7, 11) is -4.39. The number of carbonyl (C=O) groups excluding carboxylic acids is 1. The van der Waals surface area contributed by atoms with Gasteiger partial charge in [-0.2, -0.15) is 0 Å². The number of aliphatic hydroxyl groups is 2. The van der Waals surface area contributed by atoms with Gasteiger partial charge in [-0.05, 0) is 32.1 Å². The van der Waals surface area contributed by atoms with Gasteiger partial charge in [-0.1, -0.05) is 134 Å². The summed E-state index contributed by atoms with van der Waals surface area (Å²) in [5.74, 6) is -0.459. The van der Waals surface area contributed by atoms with E-state index >= 15 is 0 Å². The van der Waals surface area contributed by atoms with Crippen LogP contribution in [-0.2, 0) is 18.4 Å². The Morgan fingerprint density at radius 1 is 0.773 bits per heavy atom. The van der Waals surface area contributed by atoms with E-state index in [9.17, 15) is 24.5 Å². The van der Waals surface area contributed by atoms with Crippen molar-refractivity contribution in [2.24, 2.45) is 5.73 Å². The Bertz CT molecular complexity index is 766. The fourth-order valence-electron chi connectivity index (χ4n) is 4.90. The maximum Gasteiger partial charge on any atom is 0.472 e. The van der Waals surface area contributed by atoms with Crippen molar-refractivity contribution in [3.8, 4) is 0 Å². The smallest absolute Gasteiger partial charge is 0.393 e. The molecule has 0 aliphatic rings. The first-order valence-electron chi connectivity index (χ1n) is 17.5. The van der Waals surface area contributed by atoms with Crippen LogP contribution in [0.3, 0.4) is 0 Å². The van der Waals surface area contributed by atoms with Gasteiger partial charge in [-0.25, -0.2) is 4.57 Å². The fourth-order valence-corrected chi connectivity index (χ4v) is 5.65. The van der Waals surface area contributed by atoms with E-state index in [0.717, 1.165) is 32.1 Å². The largest absolute Gasteiger partial charge is 0.472 e. The molecule has 260 valence electrons. The van der Waals surface area contributed by atoms with Crippen LogP contribution in [0, 0.1) is 0 Å². The molecule has 4 unspecified atom stereocenters. The molecular formula is C34H67N2O7P. The monoisotopic (exact) mass is 646 g/mol. The average molecular weight is 647 g/mol. The molecule has 0 rings (SSSR count). The Hall–Kier alpha value is -1.06. The number of amides is 1. The zero-order chi connectivity index (χ0) is 32.7. The summed E-state index contributed by atoms with van der Waals surface area (Å²) in [5.41, 5.74) is 5.32. The molecule has 0 fully saturated rings. The molecular weight excluding hydrogens is 579 g/mol. The zero-order valence-corrected chi connectivity index (χ0v) is 28.9. The molecule has 0 aromatic rings. The van der Waals surface area contributed by atoms with E-state index in [-0.39, 0.29) is 19.6 Å². The molecule has 0 bridgehead atoms. The van der Waals surface area contributed by atoms with E-state index in [1.165, 1.54) is 83.5 Å². The van der Waals surface area contributed by atoms with Crippen molar-refractivity contribution in [1.29, 1.82) is 0 Å². The lowest BCUT2D eigenvalue weighted by molar-refractivity contribution is -0.124. The van der Waals surface area contributed by atoms with E-state index in [4.69, 9.17) is 14.8 Å². The number of unbranched alkanes of at least 4 members (excludes halogenated alkanes) is 16. The van der Waals surface area contributed by atoms with E-state index in [0.29, 0.717) is 12.8 Å². The molecule has 0 aromatic heterocycles. The van der Waals surface area contributed by atoms with Gasteiger partial charge >= 0.3 is 7.82 Å². The highest BCUT2D eigenvalue weighted by Crippen LogP contribution is 2.43. The predicted molar refractivity (Wildman–Crippen MR) is 181 cm³/mol. The van der Waals surface area contributed by atoms with Gasteiger partial charge in [-0.3, -0.25) is 13.8 Å². The second-order valence-corrected chi connectivity index (χ2v) is 13.4. The van der Waals surface area contributed by atoms with Crippen molar-refractivity contribution >= 4 is 13.7 Å². The highest BCUT2D eigenvalue weighted by Gasteiger charge is 2.27. The van der Waals surface area contributed by atoms with E-state index in [1.807, 2.05) is 6.08 Å². The minimum Gasteiger partial charge on any atom is -0.393 e. The number of phosphoric acid groups is 1. The minimum absolute atomic E-state index is 0.0453. The van der Waals surface area contributed by atoms with Crippen LogP contribution in [0.15, 0.2) is 24.3 Å². The third-order valence-corrected chi connectivity index (χ3v) is 8.57. The Kier molecular flexibility index (Phi) is 29.8. The van der Waals surface area contributed by atoms with Gasteiger partial charge in [0, 0.05) is 6.54 Å². The summed E-state index contributed by atoms with van der Waals surface area (Å²) in [4.78, 5) is 22.5. The third kappa shape index (κ3) is 28.4. The van der Waals surface area contributed by atoms with Crippen molar-refractivity contribution in [1.82, 2.24) is 5.32 Å². The van der Waals surface area contributed by atoms with Crippen LogP contribution in [0.1, 0.15) is 149 Å². The fraction of sp³-hybridized carbons (Fsp3) is 0.853. The summed E-state index contributed by atoms with van der Waals surface area (Å²) < 4.78 is 21.9. The van der Waals surface area contributed by atoms with Crippen LogP contribution >= 0.6 is 7.82 Å². The zero-order valence-electron chi connectivity index (χ0n) is 28.0. The summed E-state index contributed by atoms with van der Waals surface area (Å²) in [5, 5.41) is 23.8. The van der Waals surface area contributed by atoms with Gasteiger partial charge in [-0.15, -0.1) is 0 Å². The maximum atomic E-state index is 12.7. The van der Waals surface area contributed by atoms with Crippen molar-refractivity contribution in [3.05, 3.63) is 24.3 Å². The van der Waals surface area contributed by atoms with Gasteiger partial charge in [0.1, 0.15) is 0 Å². The van der Waals surface area contributed by atoms with Gasteiger partial charge in [0.05, 0.1) is 37.9 Å². The molecule has 0 saturated carbocycles. The van der Waals surface area contributed by atoms with Crippen molar-refractivity contribution in [2.45, 2.75) is 167 Å². The molecule has 9 nitrogen and oxygen atoms in total. The van der Waals surface area contributed by atoms with Gasteiger partial charge < -0.3 is 26.2 Å². The van der Waals surface area contributed by atoms with Crippen LogP contribution in [0.25, 0.3) is 0 Å². The number of aliphatic hydroxyl groups excluding tert-OH is 2. The molecule has 10 heteroatoms. The lowest BCUT2D eigenvalue weighted by atomic mass is 10.0. The van der Waals surface area contributed by atoms with E-state index in [2.05, 4.69) is 31.3 Å². The van der Waals surface area contributed by atoms with Crippen LogP contribution < -0.4 is 11.1 Å². The van der Waals surface area contributed by atoms with Crippen LogP contribution in [-0.4, -0.2) is 59.0 Å². The summed E-state index contributed by atoms with van der Waals surface area (Å²) in [6, 6.07) is -0.992. The molecule has 0 heterocycles. The summed E-state index contributed by atoms with van der Waals surface area (Å²) in [6.45, 7) is 3.88. The SMILES string of the molecule is CCCCCC/C=C/CC/C=C/C(O)C(COP(=O)(O)OCCN)NC(=O)CC(O)CCCCCCCCCCCCCC. The number of hydrogen-bond donors (Lipinski definition) is 5. The predicted octanol–water partition coefficient (Wildman–Crippen LogP) is 7.63. The van der Waals surface area contributed by atoms with Crippen LogP contribution in [0.4, 0.5) is 0 Å². The summed E-state index contributed by atoms with van der Waals surface area (Å²) >= 11 is 0. The molecule has 6 N–H and O–H groups in total. The topological polar surface area (TPSA) is 151 Å². The van der Waals surface area contributed by atoms with Crippen molar-refractivity contribution < 1.29 is 33.5 Å².